The highest BCUT2D eigenvalue weighted by Crippen LogP contribution is 2.13. The van der Waals surface area contributed by atoms with Gasteiger partial charge >= 0.3 is 0 Å². The van der Waals surface area contributed by atoms with Gasteiger partial charge in [-0.1, -0.05) is 23.7 Å². The van der Waals surface area contributed by atoms with Crippen molar-refractivity contribution in [1.29, 1.82) is 0 Å². The van der Waals surface area contributed by atoms with Crippen LogP contribution in [0.1, 0.15) is 25.3 Å². The number of hydrogen-bond acceptors (Lipinski definition) is 4. The molecular formula is C17H21ClN2O4S. The average molecular weight is 385 g/mol. The summed E-state index contributed by atoms with van der Waals surface area (Å²) in [6.45, 7) is 1.58. The summed E-state index contributed by atoms with van der Waals surface area (Å²) in [6.07, 6.45) is 3.76. The van der Waals surface area contributed by atoms with Crippen LogP contribution in [0.3, 0.4) is 0 Å². The zero-order chi connectivity index (χ0) is 18.4. The molecule has 0 unspecified atom stereocenters. The summed E-state index contributed by atoms with van der Waals surface area (Å²) in [5.41, 5.74) is 0.781. The predicted molar refractivity (Wildman–Crippen MR) is 97.9 cm³/mol. The zero-order valence-corrected chi connectivity index (χ0v) is 15.4. The number of hydrogen-bond donors (Lipinski definition) is 2. The number of amides is 2. The smallest absolute Gasteiger partial charge is 0.244 e. The number of sulfone groups is 1. The monoisotopic (exact) mass is 384 g/mol. The van der Waals surface area contributed by atoms with Crippen LogP contribution < -0.4 is 10.6 Å². The molecule has 0 bridgehead atoms. The fourth-order valence-corrected chi connectivity index (χ4v) is 4.16. The van der Waals surface area contributed by atoms with Gasteiger partial charge in [-0.3, -0.25) is 9.59 Å². The molecule has 2 N–H and O–H groups in total. The molecule has 1 saturated heterocycles. The zero-order valence-electron chi connectivity index (χ0n) is 13.9. The van der Waals surface area contributed by atoms with E-state index in [0.29, 0.717) is 17.9 Å². The largest absolute Gasteiger partial charge is 0.352 e. The van der Waals surface area contributed by atoms with Crippen molar-refractivity contribution >= 4 is 39.3 Å². The van der Waals surface area contributed by atoms with E-state index >= 15 is 0 Å². The van der Waals surface area contributed by atoms with Crippen LogP contribution in [-0.2, 0) is 19.4 Å². The van der Waals surface area contributed by atoms with Crippen molar-refractivity contribution in [1.82, 2.24) is 10.6 Å². The molecule has 8 heteroatoms. The van der Waals surface area contributed by atoms with Crippen molar-refractivity contribution in [3.8, 4) is 0 Å². The molecule has 0 aromatic heterocycles. The normalized spacial score (nSPS) is 18.6. The number of halogens is 1. The van der Waals surface area contributed by atoms with Crippen molar-refractivity contribution in [3.05, 3.63) is 40.9 Å². The fourth-order valence-electron chi connectivity index (χ4n) is 2.47. The first-order valence-electron chi connectivity index (χ1n) is 8.00. The van der Waals surface area contributed by atoms with E-state index in [9.17, 15) is 18.0 Å². The van der Waals surface area contributed by atoms with Gasteiger partial charge in [0, 0.05) is 17.1 Å². The topological polar surface area (TPSA) is 92.3 Å². The third kappa shape index (κ3) is 6.51. The number of nitrogens with one attached hydrogen (secondary N) is 2. The molecule has 1 atom stereocenters. The van der Waals surface area contributed by atoms with Gasteiger partial charge in [0.25, 0.3) is 0 Å². The number of carbonyl (C=O) groups is 2. The predicted octanol–water partition coefficient (Wildman–Crippen LogP) is 1.55. The standard InChI is InChI=1S/C17H21ClN2O4S/c1-12(17(22)20-15-7-9-25(23,24)10-8-15)19-16(21)6-5-13-3-2-4-14(18)11-13/h2-6,11-12,15H,7-10H2,1H3,(H,19,21)(H,20,22)/b6-5+/t12-/m1/s1. The van der Waals surface area contributed by atoms with E-state index in [1.54, 1.807) is 31.2 Å². The molecule has 25 heavy (non-hydrogen) atoms. The third-order valence-corrected chi connectivity index (χ3v) is 5.88. The highest BCUT2D eigenvalue weighted by atomic mass is 35.5. The molecule has 0 spiro atoms. The van der Waals surface area contributed by atoms with Crippen LogP contribution in [0.5, 0.6) is 0 Å². The molecule has 136 valence electrons. The van der Waals surface area contributed by atoms with E-state index in [0.717, 1.165) is 5.56 Å². The Morgan fingerprint density at radius 3 is 2.60 bits per heavy atom. The van der Waals surface area contributed by atoms with Crippen LogP contribution in [0.15, 0.2) is 30.3 Å². The Kier molecular flexibility index (Phi) is 6.61. The van der Waals surface area contributed by atoms with Gasteiger partial charge in [0.15, 0.2) is 0 Å². The van der Waals surface area contributed by atoms with Crippen molar-refractivity contribution < 1.29 is 18.0 Å². The first kappa shape index (κ1) is 19.5. The maximum Gasteiger partial charge on any atom is 0.244 e. The molecule has 6 nitrogen and oxygen atoms in total. The van der Waals surface area contributed by atoms with Gasteiger partial charge in [-0.05, 0) is 43.5 Å². The second-order valence-corrected chi connectivity index (χ2v) is 8.79. The molecule has 0 radical (unpaired) electrons. The lowest BCUT2D eigenvalue weighted by atomic mass is 10.1. The second kappa shape index (κ2) is 8.49. The molecule has 1 aliphatic rings. The summed E-state index contributed by atoms with van der Waals surface area (Å²) in [7, 11) is -2.97. The minimum atomic E-state index is -2.97. The van der Waals surface area contributed by atoms with Gasteiger partial charge in [-0.25, -0.2) is 8.42 Å². The van der Waals surface area contributed by atoms with Gasteiger partial charge in [0.05, 0.1) is 11.5 Å². The minimum Gasteiger partial charge on any atom is -0.352 e. The Morgan fingerprint density at radius 1 is 1.28 bits per heavy atom. The lowest BCUT2D eigenvalue weighted by Crippen LogP contribution is -2.49. The molecular weight excluding hydrogens is 364 g/mol. The third-order valence-electron chi connectivity index (χ3n) is 3.93. The lowest BCUT2D eigenvalue weighted by Gasteiger charge is -2.24. The van der Waals surface area contributed by atoms with Crippen molar-refractivity contribution in [2.45, 2.75) is 31.8 Å². The molecule has 1 fully saturated rings. The molecule has 0 saturated carbocycles. The first-order valence-corrected chi connectivity index (χ1v) is 10.2. The molecule has 0 aliphatic carbocycles. The Morgan fingerprint density at radius 2 is 1.96 bits per heavy atom. The molecule has 1 aromatic carbocycles. The van der Waals surface area contributed by atoms with E-state index in [1.165, 1.54) is 6.08 Å². The van der Waals surface area contributed by atoms with Crippen LogP contribution in [0.2, 0.25) is 5.02 Å². The van der Waals surface area contributed by atoms with Crippen molar-refractivity contribution in [2.24, 2.45) is 0 Å². The first-order chi connectivity index (χ1) is 11.7. The van der Waals surface area contributed by atoms with Crippen molar-refractivity contribution in [3.63, 3.8) is 0 Å². The Hall–Kier alpha value is -1.86. The SMILES string of the molecule is C[C@@H](NC(=O)/C=C/c1cccc(Cl)c1)C(=O)NC1CCS(=O)(=O)CC1. The molecule has 2 rings (SSSR count). The van der Waals surface area contributed by atoms with Gasteiger partial charge < -0.3 is 10.6 Å². The summed E-state index contributed by atoms with van der Waals surface area (Å²) in [4.78, 5) is 24.0. The van der Waals surface area contributed by atoms with Crippen LogP contribution in [-0.4, -0.2) is 43.8 Å². The summed E-state index contributed by atoms with van der Waals surface area (Å²) >= 11 is 5.87. The van der Waals surface area contributed by atoms with E-state index in [2.05, 4.69) is 10.6 Å². The van der Waals surface area contributed by atoms with E-state index < -0.39 is 21.8 Å². The lowest BCUT2D eigenvalue weighted by molar-refractivity contribution is -0.127. The maximum atomic E-state index is 12.1. The van der Waals surface area contributed by atoms with Gasteiger partial charge in [0.1, 0.15) is 15.9 Å². The Bertz CT molecular complexity index is 763. The minimum absolute atomic E-state index is 0.0844. The summed E-state index contributed by atoms with van der Waals surface area (Å²) in [6, 6.07) is 6.16. The Balaban J connectivity index is 1.81. The molecule has 1 aromatic rings. The fraction of sp³-hybridized carbons (Fsp3) is 0.412. The number of carbonyl (C=O) groups excluding carboxylic acids is 2. The van der Waals surface area contributed by atoms with Crippen LogP contribution in [0.4, 0.5) is 0 Å². The highest BCUT2D eigenvalue weighted by molar-refractivity contribution is 7.91. The molecule has 2 amide bonds. The Labute approximate surface area is 152 Å². The van der Waals surface area contributed by atoms with Gasteiger partial charge in [-0.15, -0.1) is 0 Å². The van der Waals surface area contributed by atoms with E-state index in [1.807, 2.05) is 6.07 Å². The van der Waals surface area contributed by atoms with Crippen LogP contribution >= 0.6 is 11.6 Å². The van der Waals surface area contributed by atoms with Gasteiger partial charge in [-0.2, -0.15) is 0 Å². The van der Waals surface area contributed by atoms with E-state index in [-0.39, 0.29) is 23.5 Å². The quantitative estimate of drug-likeness (QED) is 0.753. The molecule has 1 heterocycles. The van der Waals surface area contributed by atoms with Crippen molar-refractivity contribution in [2.75, 3.05) is 11.5 Å². The summed E-state index contributed by atoms with van der Waals surface area (Å²) in [5.74, 6) is -0.551. The number of benzene rings is 1. The second-order valence-electron chi connectivity index (χ2n) is 6.05. The summed E-state index contributed by atoms with van der Waals surface area (Å²) in [5, 5.41) is 5.94. The van der Waals surface area contributed by atoms with Crippen LogP contribution in [0, 0.1) is 0 Å². The average Bonchev–Trinajstić information content (AvgIpc) is 2.55. The molecule has 1 aliphatic heterocycles. The van der Waals surface area contributed by atoms with Gasteiger partial charge in [0.2, 0.25) is 11.8 Å². The maximum absolute atomic E-state index is 12.1. The number of rotatable bonds is 5. The van der Waals surface area contributed by atoms with Crippen LogP contribution in [0.25, 0.3) is 6.08 Å². The summed E-state index contributed by atoms with van der Waals surface area (Å²) < 4.78 is 22.8. The van der Waals surface area contributed by atoms with E-state index in [4.69, 9.17) is 11.6 Å². The highest BCUT2D eigenvalue weighted by Gasteiger charge is 2.26.